The van der Waals surface area contributed by atoms with Crippen molar-refractivity contribution in [3.05, 3.63) is 42.4 Å². The van der Waals surface area contributed by atoms with E-state index in [4.69, 9.17) is 0 Å². The molecule has 4 rings (SSSR count). The Hall–Kier alpha value is -2.53. The van der Waals surface area contributed by atoms with E-state index in [1.807, 2.05) is 4.90 Å². The summed E-state index contributed by atoms with van der Waals surface area (Å²) in [6, 6.07) is 0.826. The van der Waals surface area contributed by atoms with Gasteiger partial charge in [0.25, 0.3) is 0 Å². The van der Waals surface area contributed by atoms with Crippen molar-refractivity contribution in [2.24, 2.45) is 0 Å². The summed E-state index contributed by atoms with van der Waals surface area (Å²) in [5.41, 5.74) is -0.211. The fraction of sp³-hybridized carbons (Fsp3) is 0.500. The van der Waals surface area contributed by atoms with E-state index in [2.05, 4.69) is 20.2 Å². The predicted molar refractivity (Wildman–Crippen MR) is 127 cm³/mol. The lowest BCUT2D eigenvalue weighted by molar-refractivity contribution is -0.134. The molecule has 12 heteroatoms. The van der Waals surface area contributed by atoms with Crippen LogP contribution in [0.15, 0.2) is 35.6 Å². The van der Waals surface area contributed by atoms with Crippen molar-refractivity contribution >= 4 is 39.7 Å². The van der Waals surface area contributed by atoms with E-state index in [9.17, 15) is 22.0 Å². The van der Waals surface area contributed by atoms with Crippen molar-refractivity contribution in [2.75, 3.05) is 36.1 Å². The second-order valence-electron chi connectivity index (χ2n) is 8.54. The summed E-state index contributed by atoms with van der Waals surface area (Å²) >= 11 is 0. The lowest BCUT2D eigenvalue weighted by Gasteiger charge is -2.39. The van der Waals surface area contributed by atoms with Gasteiger partial charge in [-0.05, 0) is 38.2 Å². The third-order valence-electron chi connectivity index (χ3n) is 6.25. The minimum Gasteiger partial charge on any atom is -0.371 e. The Bertz CT molecular complexity index is 1120. The van der Waals surface area contributed by atoms with Crippen LogP contribution in [0.25, 0.3) is 0 Å². The molecule has 0 spiro atoms. The Morgan fingerprint density at radius 2 is 1.76 bits per heavy atom. The minimum absolute atomic E-state index is 0. The van der Waals surface area contributed by atoms with Crippen LogP contribution < -0.4 is 10.2 Å². The van der Waals surface area contributed by atoms with Crippen LogP contribution in [0.2, 0.25) is 0 Å². The number of carbonyl (C=O) groups is 1. The molecule has 1 aromatic carbocycles. The molecule has 1 aromatic heterocycles. The van der Waals surface area contributed by atoms with Crippen molar-refractivity contribution in [1.29, 1.82) is 0 Å². The van der Waals surface area contributed by atoms with Crippen molar-refractivity contribution in [2.45, 2.75) is 49.1 Å². The maximum Gasteiger partial charge on any atom is 0.245 e. The third kappa shape index (κ3) is 5.75. The number of hydrogen-bond acceptors (Lipinski definition) is 7. The van der Waals surface area contributed by atoms with Gasteiger partial charge in [0, 0.05) is 50.4 Å². The number of rotatable bonds is 5. The van der Waals surface area contributed by atoms with Gasteiger partial charge in [-0.2, -0.15) is 0 Å². The van der Waals surface area contributed by atoms with E-state index >= 15 is 0 Å². The molecule has 8 nitrogen and oxygen atoms in total. The molecule has 0 aliphatic carbocycles. The highest BCUT2D eigenvalue weighted by Crippen LogP contribution is 2.28. The molecule has 0 unspecified atom stereocenters. The van der Waals surface area contributed by atoms with Crippen LogP contribution in [0.5, 0.6) is 0 Å². The number of halogens is 3. The number of anilines is 2. The van der Waals surface area contributed by atoms with Gasteiger partial charge >= 0.3 is 0 Å². The number of benzene rings is 1. The van der Waals surface area contributed by atoms with Gasteiger partial charge in [0.15, 0.2) is 9.84 Å². The second-order valence-corrected chi connectivity index (χ2v) is 10.5. The highest BCUT2D eigenvalue weighted by atomic mass is 35.5. The molecule has 0 radical (unpaired) electrons. The number of likely N-dealkylation sites (tertiary alicyclic amines) is 1. The highest BCUT2D eigenvalue weighted by Gasteiger charge is 2.34. The lowest BCUT2D eigenvalue weighted by atomic mass is 10.0. The second kappa shape index (κ2) is 10.8. The maximum atomic E-state index is 14.6. The molecule has 1 amide bonds. The van der Waals surface area contributed by atoms with Gasteiger partial charge in [0.2, 0.25) is 5.91 Å². The largest absolute Gasteiger partial charge is 0.371 e. The molecule has 2 aromatic rings. The SMILES string of the molecule is CS(=O)(=O)c1cc(F)c(N[C@H]2CCCCN(C3CCN(c4cnccn4)CC3)C2=O)cc1F.Cl. The zero-order chi connectivity index (χ0) is 23.6. The van der Waals surface area contributed by atoms with Crippen LogP contribution in [0.1, 0.15) is 32.1 Å². The Kier molecular flexibility index (Phi) is 8.29. The normalized spacial score (nSPS) is 20.0. The Labute approximate surface area is 204 Å². The zero-order valence-corrected chi connectivity index (χ0v) is 20.4. The molecule has 0 bridgehead atoms. The summed E-state index contributed by atoms with van der Waals surface area (Å²) in [5.74, 6) is -1.28. The van der Waals surface area contributed by atoms with Gasteiger partial charge in [-0.1, -0.05) is 0 Å². The number of nitrogens with one attached hydrogen (secondary N) is 1. The van der Waals surface area contributed by atoms with E-state index in [1.54, 1.807) is 18.6 Å². The quantitative estimate of drug-likeness (QED) is 0.654. The van der Waals surface area contributed by atoms with Crippen LogP contribution in [-0.2, 0) is 14.6 Å². The summed E-state index contributed by atoms with van der Waals surface area (Å²) in [6.07, 6.45) is 9.47. The van der Waals surface area contributed by atoms with Gasteiger partial charge in [-0.15, -0.1) is 12.4 Å². The first-order valence-electron chi connectivity index (χ1n) is 11.0. The molecule has 2 fully saturated rings. The monoisotopic (exact) mass is 515 g/mol. The van der Waals surface area contributed by atoms with Gasteiger partial charge in [-0.3, -0.25) is 9.78 Å². The molecule has 0 saturated carbocycles. The molecular formula is C22H28ClF2N5O3S. The van der Waals surface area contributed by atoms with Crippen molar-refractivity contribution in [3.63, 3.8) is 0 Å². The van der Waals surface area contributed by atoms with Crippen LogP contribution in [0.4, 0.5) is 20.3 Å². The number of nitrogens with zero attached hydrogens (tertiary/aromatic N) is 4. The highest BCUT2D eigenvalue weighted by molar-refractivity contribution is 7.90. The molecule has 2 aliphatic heterocycles. The van der Waals surface area contributed by atoms with Crippen LogP contribution in [-0.4, -0.2) is 67.2 Å². The Morgan fingerprint density at radius 1 is 1.03 bits per heavy atom. The first-order chi connectivity index (χ1) is 15.7. The summed E-state index contributed by atoms with van der Waals surface area (Å²) < 4.78 is 52.1. The number of hydrogen-bond donors (Lipinski definition) is 1. The molecule has 1 N–H and O–H groups in total. The fourth-order valence-electron chi connectivity index (χ4n) is 4.53. The minimum atomic E-state index is -3.90. The van der Waals surface area contributed by atoms with Crippen LogP contribution in [0.3, 0.4) is 0 Å². The number of amides is 1. The summed E-state index contributed by atoms with van der Waals surface area (Å²) in [6.45, 7) is 2.12. The zero-order valence-electron chi connectivity index (χ0n) is 18.8. The first kappa shape index (κ1) is 26.1. The van der Waals surface area contributed by atoms with Crippen molar-refractivity contribution in [1.82, 2.24) is 14.9 Å². The molecular weight excluding hydrogens is 488 g/mol. The van der Waals surface area contributed by atoms with Crippen molar-refractivity contribution < 1.29 is 22.0 Å². The lowest BCUT2D eigenvalue weighted by Crippen LogP contribution is -2.51. The third-order valence-corrected chi connectivity index (χ3v) is 7.36. The van der Waals surface area contributed by atoms with E-state index in [0.29, 0.717) is 19.0 Å². The van der Waals surface area contributed by atoms with Crippen molar-refractivity contribution in [3.8, 4) is 0 Å². The molecule has 1 atom stereocenters. The van der Waals surface area contributed by atoms with E-state index < -0.39 is 32.4 Å². The van der Waals surface area contributed by atoms with Crippen LogP contribution >= 0.6 is 12.4 Å². The van der Waals surface area contributed by atoms with Crippen LogP contribution in [0, 0.1) is 11.6 Å². The fourth-order valence-corrected chi connectivity index (χ4v) is 5.26. The summed E-state index contributed by atoms with van der Waals surface area (Å²) in [5, 5.41) is 2.83. The summed E-state index contributed by atoms with van der Waals surface area (Å²) in [7, 11) is -3.90. The first-order valence-corrected chi connectivity index (χ1v) is 12.9. The smallest absolute Gasteiger partial charge is 0.245 e. The predicted octanol–water partition coefficient (Wildman–Crippen LogP) is 3.04. The van der Waals surface area contributed by atoms with Gasteiger partial charge < -0.3 is 15.1 Å². The number of sulfone groups is 1. The molecule has 3 heterocycles. The number of aromatic nitrogens is 2. The molecule has 2 aliphatic rings. The van der Waals surface area contributed by atoms with E-state index in [-0.39, 0.29) is 30.0 Å². The molecule has 2 saturated heterocycles. The van der Waals surface area contributed by atoms with Gasteiger partial charge in [0.05, 0.1) is 11.9 Å². The summed E-state index contributed by atoms with van der Waals surface area (Å²) in [4.78, 5) is 25.1. The standard InChI is InChI=1S/C22H27F2N5O3S.ClH/c1-33(31,32)20-13-16(23)19(12-17(20)24)27-18-4-2-3-9-29(22(18)30)15-5-10-28(11-6-15)21-14-25-7-8-26-21;/h7-8,12-15,18,27H,2-6,9-11H2,1H3;1H/t18-;/m0./s1. The number of piperidine rings is 1. The topological polar surface area (TPSA) is 95.5 Å². The molecule has 34 heavy (non-hydrogen) atoms. The maximum absolute atomic E-state index is 14.6. The average molecular weight is 516 g/mol. The van der Waals surface area contributed by atoms with E-state index in [0.717, 1.165) is 56.9 Å². The number of carbonyl (C=O) groups excluding carboxylic acids is 1. The van der Waals surface area contributed by atoms with E-state index in [1.165, 1.54) is 0 Å². The average Bonchev–Trinajstić information content (AvgIpc) is 2.97. The Morgan fingerprint density at radius 3 is 2.41 bits per heavy atom. The Balaban J connectivity index is 0.00000324. The molecule has 186 valence electrons. The van der Waals surface area contributed by atoms with Gasteiger partial charge in [0.1, 0.15) is 28.4 Å². The van der Waals surface area contributed by atoms with Gasteiger partial charge in [-0.25, -0.2) is 22.2 Å².